The van der Waals surface area contributed by atoms with Crippen molar-refractivity contribution in [3.05, 3.63) is 82.9 Å². The van der Waals surface area contributed by atoms with Gasteiger partial charge in [0.2, 0.25) is 5.13 Å². The molecule has 2 amide bonds. The zero-order valence-corrected chi connectivity index (χ0v) is 26.4. The number of carbonyl (C=O) groups is 2. The summed E-state index contributed by atoms with van der Waals surface area (Å²) < 4.78 is 17.9. The summed E-state index contributed by atoms with van der Waals surface area (Å²) in [6.07, 6.45) is 1.30. The number of hydrogen-bond donors (Lipinski definition) is 2. The molecule has 1 saturated heterocycles. The summed E-state index contributed by atoms with van der Waals surface area (Å²) in [4.78, 5) is 28.6. The molecule has 45 heavy (non-hydrogen) atoms. The van der Waals surface area contributed by atoms with Crippen LogP contribution >= 0.6 is 11.3 Å². The molecule has 0 aliphatic carbocycles. The molecule has 3 aliphatic heterocycles. The van der Waals surface area contributed by atoms with Gasteiger partial charge in [-0.05, 0) is 59.5 Å². The van der Waals surface area contributed by atoms with E-state index in [2.05, 4.69) is 39.6 Å². The van der Waals surface area contributed by atoms with Crippen LogP contribution in [0.3, 0.4) is 0 Å². The maximum Gasteiger partial charge on any atom is 0.258 e. The average Bonchev–Trinajstić information content (AvgIpc) is 3.51. The van der Waals surface area contributed by atoms with E-state index >= 15 is 0 Å². The number of nitrogens with zero attached hydrogens (tertiary/aromatic N) is 3. The average molecular weight is 628 g/mol. The highest BCUT2D eigenvalue weighted by Gasteiger charge is 2.34. The van der Waals surface area contributed by atoms with E-state index in [9.17, 15) is 9.59 Å². The van der Waals surface area contributed by atoms with Crippen LogP contribution in [0.5, 0.6) is 17.2 Å². The molecule has 4 heterocycles. The summed E-state index contributed by atoms with van der Waals surface area (Å²) in [6, 6.07) is 20.1. The first-order chi connectivity index (χ1) is 21.8. The van der Waals surface area contributed by atoms with Crippen molar-refractivity contribution in [2.45, 2.75) is 45.4 Å². The summed E-state index contributed by atoms with van der Waals surface area (Å²) in [6.45, 7) is 5.83. The molecular formula is C34H37N5O5S. The SMILES string of the molecule is COc1ccc2cc1-c1cccc(c1)OCC(=O)NCc1ccc(cc1)O[C@@H]1CCN(c3nnc(CC(C)C)s3)C[C@H]1NC2=O. The molecule has 234 valence electrons. The highest BCUT2D eigenvalue weighted by molar-refractivity contribution is 7.15. The number of anilines is 1. The number of piperidine rings is 1. The third kappa shape index (κ3) is 7.37. The van der Waals surface area contributed by atoms with Crippen LogP contribution in [-0.4, -0.2) is 61.0 Å². The number of fused-ring (bicyclic) bond motifs is 7. The summed E-state index contributed by atoms with van der Waals surface area (Å²) in [5, 5.41) is 16.9. The fraction of sp³-hybridized carbons (Fsp3) is 0.353. The minimum atomic E-state index is -0.324. The molecule has 11 heteroatoms. The van der Waals surface area contributed by atoms with Gasteiger partial charge in [0.1, 0.15) is 28.4 Å². The molecule has 3 aromatic carbocycles. The Balaban J connectivity index is 1.33. The number of amides is 2. The molecule has 0 radical (unpaired) electrons. The van der Waals surface area contributed by atoms with Crippen molar-refractivity contribution in [1.29, 1.82) is 0 Å². The van der Waals surface area contributed by atoms with E-state index < -0.39 is 0 Å². The summed E-state index contributed by atoms with van der Waals surface area (Å²) in [5.41, 5.74) is 2.96. The van der Waals surface area contributed by atoms with Crippen LogP contribution in [0.1, 0.15) is 41.2 Å². The van der Waals surface area contributed by atoms with Crippen molar-refractivity contribution < 1.29 is 23.8 Å². The lowest BCUT2D eigenvalue weighted by Gasteiger charge is -2.38. The summed E-state index contributed by atoms with van der Waals surface area (Å²) in [7, 11) is 1.60. The minimum absolute atomic E-state index is 0.125. The molecule has 3 aliphatic rings. The Hall–Kier alpha value is -4.64. The van der Waals surface area contributed by atoms with Crippen LogP contribution in [0.25, 0.3) is 11.1 Å². The van der Waals surface area contributed by atoms with Crippen LogP contribution in [0.15, 0.2) is 66.7 Å². The van der Waals surface area contributed by atoms with Gasteiger partial charge in [0.15, 0.2) is 6.61 Å². The maximum atomic E-state index is 13.8. The van der Waals surface area contributed by atoms with E-state index in [1.807, 2.05) is 48.5 Å². The van der Waals surface area contributed by atoms with Gasteiger partial charge in [-0.1, -0.05) is 49.4 Å². The number of rotatable bonds is 4. The Kier molecular flexibility index (Phi) is 9.16. The van der Waals surface area contributed by atoms with Gasteiger partial charge in [0.05, 0.1) is 13.2 Å². The number of nitrogens with one attached hydrogen (secondary N) is 2. The first-order valence-electron chi connectivity index (χ1n) is 15.2. The predicted molar refractivity (Wildman–Crippen MR) is 173 cm³/mol. The molecule has 10 nitrogen and oxygen atoms in total. The second-order valence-corrected chi connectivity index (χ2v) is 12.7. The van der Waals surface area contributed by atoms with Crippen molar-refractivity contribution >= 4 is 28.3 Å². The van der Waals surface area contributed by atoms with Gasteiger partial charge in [0.25, 0.3) is 11.8 Å². The Bertz CT molecular complexity index is 1660. The highest BCUT2D eigenvalue weighted by atomic mass is 32.1. The first-order valence-corrected chi connectivity index (χ1v) is 16.0. The lowest BCUT2D eigenvalue weighted by molar-refractivity contribution is -0.123. The second-order valence-electron chi connectivity index (χ2n) is 11.7. The van der Waals surface area contributed by atoms with E-state index in [0.717, 1.165) is 39.8 Å². The van der Waals surface area contributed by atoms with Crippen LogP contribution in [0, 0.1) is 5.92 Å². The lowest BCUT2D eigenvalue weighted by Crippen LogP contribution is -2.57. The fourth-order valence-corrected chi connectivity index (χ4v) is 6.62. The Morgan fingerprint density at radius 3 is 2.67 bits per heavy atom. The molecule has 2 N–H and O–H groups in total. The lowest BCUT2D eigenvalue weighted by atomic mass is 9.99. The third-order valence-electron chi connectivity index (χ3n) is 7.85. The topological polar surface area (TPSA) is 115 Å². The summed E-state index contributed by atoms with van der Waals surface area (Å²) >= 11 is 1.60. The number of benzene rings is 3. The molecule has 7 rings (SSSR count). The van der Waals surface area contributed by atoms with E-state index in [-0.39, 0.29) is 30.6 Å². The summed E-state index contributed by atoms with van der Waals surface area (Å²) in [5.74, 6) is 1.89. The zero-order chi connectivity index (χ0) is 31.3. The van der Waals surface area contributed by atoms with Gasteiger partial charge in [-0.25, -0.2) is 0 Å². The molecule has 0 unspecified atom stereocenters. The molecule has 0 spiro atoms. The molecule has 0 saturated carbocycles. The van der Waals surface area contributed by atoms with Crippen molar-refractivity contribution in [1.82, 2.24) is 20.8 Å². The van der Waals surface area contributed by atoms with Crippen LogP contribution < -0.4 is 29.7 Å². The van der Waals surface area contributed by atoms with Crippen molar-refractivity contribution in [2.75, 3.05) is 31.7 Å². The standard InChI is InChI=1S/C34H37N5O5S/c1-21(2)15-32-37-38-34(45-32)39-14-13-30-28(19-39)36-33(41)24-9-12-29(42-3)27(17-24)23-5-4-6-26(16-23)43-20-31(40)35-18-22-7-10-25(44-30)11-8-22/h4-12,16-17,21,28,30H,13-15,18-20H2,1-3H3,(H,35,40)(H,36,41)/t28-,30-/m1/s1. The molecule has 2 atom stereocenters. The van der Waals surface area contributed by atoms with Gasteiger partial charge < -0.3 is 29.7 Å². The van der Waals surface area contributed by atoms with Gasteiger partial charge in [-0.2, -0.15) is 0 Å². The zero-order valence-electron chi connectivity index (χ0n) is 25.6. The maximum absolute atomic E-state index is 13.8. The third-order valence-corrected chi connectivity index (χ3v) is 8.86. The number of hydrogen-bond acceptors (Lipinski definition) is 9. The normalized spacial score (nSPS) is 18.7. The molecule has 1 aromatic heterocycles. The molecule has 6 bridgehead atoms. The highest BCUT2D eigenvalue weighted by Crippen LogP contribution is 2.33. The quantitative estimate of drug-likeness (QED) is 0.329. The first kappa shape index (κ1) is 30.4. The minimum Gasteiger partial charge on any atom is -0.496 e. The molecular weight excluding hydrogens is 590 g/mol. The van der Waals surface area contributed by atoms with E-state index in [0.29, 0.717) is 48.2 Å². The molecule has 1 fully saturated rings. The molecule has 4 aromatic rings. The van der Waals surface area contributed by atoms with Gasteiger partial charge in [-0.3, -0.25) is 9.59 Å². The van der Waals surface area contributed by atoms with Crippen LogP contribution in [-0.2, 0) is 17.8 Å². The van der Waals surface area contributed by atoms with Crippen molar-refractivity contribution in [3.8, 4) is 28.4 Å². The van der Waals surface area contributed by atoms with Crippen LogP contribution in [0.4, 0.5) is 5.13 Å². The Labute approximate surface area is 266 Å². The van der Waals surface area contributed by atoms with E-state index in [4.69, 9.17) is 14.2 Å². The fourth-order valence-electron chi connectivity index (χ4n) is 5.53. The van der Waals surface area contributed by atoms with Crippen molar-refractivity contribution in [3.63, 3.8) is 0 Å². The Morgan fingerprint density at radius 1 is 1.02 bits per heavy atom. The second kappa shape index (κ2) is 13.6. The van der Waals surface area contributed by atoms with Crippen molar-refractivity contribution in [2.24, 2.45) is 5.92 Å². The van der Waals surface area contributed by atoms with Gasteiger partial charge >= 0.3 is 0 Å². The van der Waals surface area contributed by atoms with Gasteiger partial charge in [0, 0.05) is 43.6 Å². The predicted octanol–water partition coefficient (Wildman–Crippen LogP) is 4.88. The van der Waals surface area contributed by atoms with Gasteiger partial charge in [-0.15, -0.1) is 10.2 Å². The smallest absolute Gasteiger partial charge is 0.258 e. The number of ether oxygens (including phenoxy) is 3. The largest absolute Gasteiger partial charge is 0.496 e. The van der Waals surface area contributed by atoms with Crippen LogP contribution in [0.2, 0.25) is 0 Å². The van der Waals surface area contributed by atoms with E-state index in [1.54, 1.807) is 36.6 Å². The van der Waals surface area contributed by atoms with E-state index in [1.165, 1.54) is 0 Å². The number of aromatic nitrogens is 2. The number of carbonyl (C=O) groups excluding carboxylic acids is 2. The monoisotopic (exact) mass is 627 g/mol. The Morgan fingerprint density at radius 2 is 1.87 bits per heavy atom. The number of methoxy groups -OCH3 is 1.